The molecule has 1 aliphatic heterocycles. The second-order valence-electron chi connectivity index (χ2n) is 4.39. The van der Waals surface area contributed by atoms with Gasteiger partial charge in [0.1, 0.15) is 12.1 Å². The number of carbonyl (C=O) groups excluding carboxylic acids is 2. The standard InChI is InChI=1S/C14H11N3O2S/c1-9(18)20-13-5-14(19)17(8-13)12-3-2-10(6-15)11(4-12)7-16/h2-4,13H,5,8H2,1H3. The third kappa shape index (κ3) is 2.81. The summed E-state index contributed by atoms with van der Waals surface area (Å²) in [7, 11) is 0. The van der Waals surface area contributed by atoms with Crippen molar-refractivity contribution in [2.75, 3.05) is 11.4 Å². The highest BCUT2D eigenvalue weighted by Gasteiger charge is 2.32. The number of hydrogen-bond donors (Lipinski definition) is 0. The van der Waals surface area contributed by atoms with Crippen molar-refractivity contribution in [1.29, 1.82) is 10.5 Å². The minimum atomic E-state index is -0.0719. The van der Waals surface area contributed by atoms with Crippen molar-refractivity contribution in [2.24, 2.45) is 0 Å². The largest absolute Gasteiger partial charge is 0.311 e. The molecule has 20 heavy (non-hydrogen) atoms. The Bertz CT molecular complexity index is 657. The summed E-state index contributed by atoms with van der Waals surface area (Å²) in [5.41, 5.74) is 1.13. The van der Waals surface area contributed by atoms with Crippen LogP contribution < -0.4 is 4.90 Å². The van der Waals surface area contributed by atoms with Gasteiger partial charge in [-0.15, -0.1) is 0 Å². The molecule has 1 heterocycles. The maximum absolute atomic E-state index is 12.0. The van der Waals surface area contributed by atoms with Crippen LogP contribution in [0.5, 0.6) is 0 Å². The van der Waals surface area contributed by atoms with Crippen LogP contribution in [0.3, 0.4) is 0 Å². The van der Waals surface area contributed by atoms with Gasteiger partial charge in [-0.05, 0) is 18.2 Å². The van der Waals surface area contributed by atoms with Gasteiger partial charge in [0.2, 0.25) is 5.91 Å². The molecule has 1 saturated heterocycles. The first kappa shape index (κ1) is 14.1. The maximum atomic E-state index is 12.0. The van der Waals surface area contributed by atoms with Gasteiger partial charge < -0.3 is 4.90 Å². The van der Waals surface area contributed by atoms with E-state index in [0.29, 0.717) is 18.7 Å². The normalized spacial score (nSPS) is 17.6. The Morgan fingerprint density at radius 2 is 2.05 bits per heavy atom. The first-order valence-corrected chi connectivity index (χ1v) is 6.85. The van der Waals surface area contributed by atoms with Crippen LogP contribution >= 0.6 is 11.8 Å². The van der Waals surface area contributed by atoms with Gasteiger partial charge in [-0.2, -0.15) is 10.5 Å². The van der Waals surface area contributed by atoms with E-state index in [9.17, 15) is 9.59 Å². The van der Waals surface area contributed by atoms with E-state index >= 15 is 0 Å². The molecule has 1 unspecified atom stereocenters. The fraction of sp³-hybridized carbons (Fsp3) is 0.286. The number of amides is 1. The van der Waals surface area contributed by atoms with Crippen LogP contribution in [0.15, 0.2) is 18.2 Å². The Morgan fingerprint density at radius 3 is 2.65 bits per heavy atom. The minimum Gasteiger partial charge on any atom is -0.311 e. The average molecular weight is 285 g/mol. The summed E-state index contributed by atoms with van der Waals surface area (Å²) >= 11 is 1.16. The second kappa shape index (κ2) is 5.77. The van der Waals surface area contributed by atoms with Gasteiger partial charge in [0.05, 0.1) is 11.1 Å². The van der Waals surface area contributed by atoms with Crippen molar-refractivity contribution in [2.45, 2.75) is 18.6 Å². The van der Waals surface area contributed by atoms with Crippen molar-refractivity contribution < 1.29 is 9.59 Å². The fourth-order valence-electron chi connectivity index (χ4n) is 2.13. The van der Waals surface area contributed by atoms with E-state index in [0.717, 1.165) is 11.8 Å². The summed E-state index contributed by atoms with van der Waals surface area (Å²) in [4.78, 5) is 24.6. The lowest BCUT2D eigenvalue weighted by Crippen LogP contribution is -2.25. The predicted molar refractivity (Wildman–Crippen MR) is 74.9 cm³/mol. The Morgan fingerprint density at radius 1 is 1.35 bits per heavy atom. The van der Waals surface area contributed by atoms with Gasteiger partial charge in [-0.25, -0.2) is 0 Å². The van der Waals surface area contributed by atoms with E-state index in [2.05, 4.69) is 0 Å². The van der Waals surface area contributed by atoms with E-state index in [1.807, 2.05) is 12.1 Å². The summed E-state index contributed by atoms with van der Waals surface area (Å²) in [5, 5.41) is 17.8. The molecule has 5 nitrogen and oxygen atoms in total. The van der Waals surface area contributed by atoms with E-state index in [-0.39, 0.29) is 27.4 Å². The number of nitrogens with zero attached hydrogens (tertiary/aromatic N) is 3. The molecule has 1 fully saturated rings. The lowest BCUT2D eigenvalue weighted by Gasteiger charge is -2.16. The van der Waals surface area contributed by atoms with E-state index in [1.165, 1.54) is 19.1 Å². The third-order valence-corrected chi connectivity index (χ3v) is 3.96. The maximum Gasteiger partial charge on any atom is 0.228 e. The van der Waals surface area contributed by atoms with E-state index < -0.39 is 0 Å². The van der Waals surface area contributed by atoms with Gasteiger partial charge in [0.25, 0.3) is 0 Å². The summed E-state index contributed by atoms with van der Waals surface area (Å²) in [5.74, 6) is -0.0719. The lowest BCUT2D eigenvalue weighted by atomic mass is 10.1. The van der Waals surface area contributed by atoms with Gasteiger partial charge in [-0.3, -0.25) is 9.59 Å². The Labute approximate surface area is 120 Å². The SMILES string of the molecule is CC(=O)SC1CC(=O)N(c2ccc(C#N)c(C#N)c2)C1. The summed E-state index contributed by atoms with van der Waals surface area (Å²) in [6.07, 6.45) is 0.312. The fourth-order valence-corrected chi connectivity index (χ4v) is 3.05. The molecule has 1 aliphatic rings. The van der Waals surface area contributed by atoms with E-state index in [1.54, 1.807) is 11.0 Å². The molecule has 0 aliphatic carbocycles. The zero-order valence-corrected chi connectivity index (χ0v) is 11.6. The molecule has 0 N–H and O–H groups in total. The van der Waals surface area contributed by atoms with Gasteiger partial charge in [-0.1, -0.05) is 11.8 Å². The molecule has 0 bridgehead atoms. The first-order valence-electron chi connectivity index (χ1n) is 5.97. The average Bonchev–Trinajstić information content (AvgIpc) is 2.77. The monoisotopic (exact) mass is 285 g/mol. The third-order valence-electron chi connectivity index (χ3n) is 2.98. The molecule has 0 saturated carbocycles. The smallest absolute Gasteiger partial charge is 0.228 e. The molecular weight excluding hydrogens is 274 g/mol. The van der Waals surface area contributed by atoms with Crippen LogP contribution in [-0.2, 0) is 9.59 Å². The number of benzene rings is 1. The van der Waals surface area contributed by atoms with Crippen molar-refractivity contribution in [3.8, 4) is 12.1 Å². The molecular formula is C14H11N3O2S. The molecule has 100 valence electrons. The zero-order valence-electron chi connectivity index (χ0n) is 10.8. The van der Waals surface area contributed by atoms with Crippen LogP contribution in [0.4, 0.5) is 5.69 Å². The molecule has 6 heteroatoms. The number of anilines is 1. The first-order chi connectivity index (χ1) is 9.55. The predicted octanol–water partition coefficient (Wildman–Crippen LogP) is 1.81. The van der Waals surface area contributed by atoms with Crippen LogP contribution in [0.2, 0.25) is 0 Å². The van der Waals surface area contributed by atoms with Crippen LogP contribution in [0, 0.1) is 22.7 Å². The van der Waals surface area contributed by atoms with Crippen molar-refractivity contribution in [3.63, 3.8) is 0 Å². The molecule has 1 aromatic rings. The van der Waals surface area contributed by atoms with Crippen LogP contribution in [0.25, 0.3) is 0 Å². The van der Waals surface area contributed by atoms with Crippen molar-refractivity contribution in [3.05, 3.63) is 29.3 Å². The Hall–Kier alpha value is -2.31. The molecule has 1 aromatic carbocycles. The molecule has 2 rings (SSSR count). The highest BCUT2D eigenvalue weighted by Crippen LogP contribution is 2.29. The van der Waals surface area contributed by atoms with Crippen LogP contribution in [-0.4, -0.2) is 22.8 Å². The number of nitriles is 2. The molecule has 0 spiro atoms. The second-order valence-corrected chi connectivity index (χ2v) is 5.87. The molecule has 0 radical (unpaired) electrons. The highest BCUT2D eigenvalue weighted by molar-refractivity contribution is 8.14. The van der Waals surface area contributed by atoms with Gasteiger partial charge >= 0.3 is 0 Å². The lowest BCUT2D eigenvalue weighted by molar-refractivity contribution is -0.117. The topological polar surface area (TPSA) is 85.0 Å². The number of carbonyl (C=O) groups is 2. The van der Waals surface area contributed by atoms with Crippen molar-refractivity contribution >= 4 is 28.5 Å². The zero-order chi connectivity index (χ0) is 14.7. The summed E-state index contributed by atoms with van der Waals surface area (Å²) < 4.78 is 0. The number of hydrogen-bond acceptors (Lipinski definition) is 5. The molecule has 1 amide bonds. The van der Waals surface area contributed by atoms with Crippen LogP contribution in [0.1, 0.15) is 24.5 Å². The molecule has 0 aromatic heterocycles. The minimum absolute atomic E-state index is 0.0119. The Balaban J connectivity index is 2.25. The highest BCUT2D eigenvalue weighted by atomic mass is 32.2. The van der Waals surface area contributed by atoms with Gasteiger partial charge in [0, 0.05) is 30.8 Å². The summed E-state index contributed by atoms with van der Waals surface area (Å²) in [6, 6.07) is 8.61. The summed E-state index contributed by atoms with van der Waals surface area (Å²) in [6.45, 7) is 1.92. The van der Waals surface area contributed by atoms with Crippen molar-refractivity contribution in [1.82, 2.24) is 0 Å². The number of rotatable bonds is 2. The quantitative estimate of drug-likeness (QED) is 0.827. The van der Waals surface area contributed by atoms with Gasteiger partial charge in [0.15, 0.2) is 5.12 Å². The number of thioether (sulfide) groups is 1. The Kier molecular flexibility index (Phi) is 4.07. The van der Waals surface area contributed by atoms with E-state index in [4.69, 9.17) is 10.5 Å². The molecule has 1 atom stereocenters.